The van der Waals surface area contributed by atoms with Gasteiger partial charge in [0.1, 0.15) is 12.4 Å². The van der Waals surface area contributed by atoms with Gasteiger partial charge < -0.3 is 10.5 Å². The summed E-state index contributed by atoms with van der Waals surface area (Å²) in [6, 6.07) is 21.1. The topological polar surface area (TPSA) is 82.3 Å². The molecule has 1 aromatic heterocycles. The summed E-state index contributed by atoms with van der Waals surface area (Å²) in [5.74, 6) is -0.660. The van der Waals surface area contributed by atoms with Crippen molar-refractivity contribution in [1.82, 2.24) is 4.98 Å². The van der Waals surface area contributed by atoms with Crippen molar-refractivity contribution in [1.29, 1.82) is 0 Å². The molecule has 0 amide bonds. The van der Waals surface area contributed by atoms with E-state index in [9.17, 15) is 9.59 Å². The number of pyridine rings is 1. The average Bonchev–Trinajstić information content (AvgIpc) is 2.83. The lowest BCUT2D eigenvalue weighted by molar-refractivity contribution is -0.119. The number of nitrogens with two attached hydrogens (primary N) is 1. The minimum atomic E-state index is -0.389. The fourth-order valence-electron chi connectivity index (χ4n) is 4.14. The van der Waals surface area contributed by atoms with Gasteiger partial charge >= 0.3 is 5.97 Å². The molecular weight excluding hydrogens is 424 g/mol. The van der Waals surface area contributed by atoms with E-state index in [-0.39, 0.29) is 30.8 Å². The zero-order valence-electron chi connectivity index (χ0n) is 19.5. The monoisotopic (exact) mass is 452 g/mol. The Kier molecular flexibility index (Phi) is 7.14. The lowest BCUT2D eigenvalue weighted by Crippen LogP contribution is -2.23. The van der Waals surface area contributed by atoms with Gasteiger partial charge in [-0.25, -0.2) is 4.79 Å². The number of ketones is 1. The molecule has 0 spiro atoms. The maximum atomic E-state index is 13.0. The van der Waals surface area contributed by atoms with Gasteiger partial charge in [-0.3, -0.25) is 9.78 Å². The van der Waals surface area contributed by atoms with Crippen LogP contribution in [0.2, 0.25) is 0 Å². The number of ether oxygens (including phenoxy) is 1. The summed E-state index contributed by atoms with van der Waals surface area (Å²) < 4.78 is 5.49. The van der Waals surface area contributed by atoms with Gasteiger partial charge in [0.05, 0.1) is 11.5 Å². The van der Waals surface area contributed by atoms with Crippen LogP contribution in [-0.2, 0) is 22.6 Å². The van der Waals surface area contributed by atoms with Gasteiger partial charge in [-0.15, -0.1) is 0 Å². The molecule has 0 aliphatic heterocycles. The van der Waals surface area contributed by atoms with Crippen LogP contribution < -0.4 is 5.73 Å². The number of carbonyl (C=O) groups is 2. The predicted octanol–water partition coefficient (Wildman–Crippen LogP) is 5.06. The molecule has 0 bridgehead atoms. The normalized spacial score (nSPS) is 11.9. The summed E-state index contributed by atoms with van der Waals surface area (Å²) in [5, 5.41) is 2.10. The molecule has 5 nitrogen and oxygen atoms in total. The van der Waals surface area contributed by atoms with Crippen LogP contribution >= 0.6 is 0 Å². The van der Waals surface area contributed by atoms with Crippen LogP contribution in [-0.4, -0.2) is 23.3 Å². The third-order valence-electron chi connectivity index (χ3n) is 6.06. The van der Waals surface area contributed by atoms with Gasteiger partial charge in [0.2, 0.25) is 0 Å². The van der Waals surface area contributed by atoms with Crippen LogP contribution in [0.5, 0.6) is 0 Å². The second kappa shape index (κ2) is 10.4. The van der Waals surface area contributed by atoms with Crippen molar-refractivity contribution in [2.24, 2.45) is 5.73 Å². The molecule has 0 radical (unpaired) electrons. The first-order valence-electron chi connectivity index (χ1n) is 11.3. The van der Waals surface area contributed by atoms with Crippen LogP contribution in [0.4, 0.5) is 0 Å². The molecule has 172 valence electrons. The zero-order valence-corrected chi connectivity index (χ0v) is 19.5. The number of hydrogen-bond acceptors (Lipinski definition) is 5. The quantitative estimate of drug-likeness (QED) is 0.378. The minimum absolute atomic E-state index is 0.0740. The number of benzene rings is 3. The van der Waals surface area contributed by atoms with Crippen molar-refractivity contribution >= 4 is 22.5 Å². The average molecular weight is 453 g/mol. The zero-order chi connectivity index (χ0) is 24.1. The van der Waals surface area contributed by atoms with Gasteiger partial charge in [0.15, 0.2) is 0 Å². The summed E-state index contributed by atoms with van der Waals surface area (Å²) in [5.41, 5.74) is 11.2. The summed E-state index contributed by atoms with van der Waals surface area (Å²) in [4.78, 5) is 29.6. The van der Waals surface area contributed by atoms with Gasteiger partial charge in [-0.05, 0) is 53.6 Å². The van der Waals surface area contributed by atoms with Gasteiger partial charge in [0, 0.05) is 30.7 Å². The number of rotatable bonds is 8. The second-order valence-electron chi connectivity index (χ2n) is 8.62. The molecule has 0 fully saturated rings. The Labute approximate surface area is 199 Å². The molecule has 2 N–H and O–H groups in total. The molecule has 1 atom stereocenters. The molecule has 0 unspecified atom stereocenters. The smallest absolute Gasteiger partial charge is 0.338 e. The number of Topliss-reactive ketones (excluding diaryl/α,β-unsaturated/α-hetero) is 1. The molecule has 4 rings (SSSR count). The van der Waals surface area contributed by atoms with Crippen molar-refractivity contribution in [3.8, 4) is 0 Å². The number of esters is 1. The van der Waals surface area contributed by atoms with Crippen LogP contribution in [0.3, 0.4) is 0 Å². The fraction of sp³-hybridized carbons (Fsp3) is 0.207. The summed E-state index contributed by atoms with van der Waals surface area (Å²) in [7, 11) is 0. The first-order valence-corrected chi connectivity index (χ1v) is 11.3. The van der Waals surface area contributed by atoms with Gasteiger partial charge in [-0.2, -0.15) is 0 Å². The van der Waals surface area contributed by atoms with Gasteiger partial charge in [0.25, 0.3) is 0 Å². The van der Waals surface area contributed by atoms with Crippen molar-refractivity contribution in [3.05, 3.63) is 113 Å². The Hall–Kier alpha value is -3.83. The molecular formula is C29H28N2O3. The number of aryl methyl sites for hydroxylation is 2. The first-order chi connectivity index (χ1) is 16.4. The van der Waals surface area contributed by atoms with E-state index < -0.39 is 0 Å². The van der Waals surface area contributed by atoms with Crippen LogP contribution in [0.1, 0.15) is 44.1 Å². The summed E-state index contributed by atoms with van der Waals surface area (Å²) in [6.45, 7) is 4.29. The maximum absolute atomic E-state index is 13.0. The molecule has 3 aromatic carbocycles. The predicted molar refractivity (Wildman–Crippen MR) is 134 cm³/mol. The van der Waals surface area contributed by atoms with Gasteiger partial charge in [-0.1, -0.05) is 60.2 Å². The standard InChI is InChI=1S/C29H28N2O3/c1-19-3-10-26(20(2)13-19)29(33)34-18-21-4-7-23(8-5-21)27(16-30)28(32)15-22-6-9-25-17-31-12-11-24(25)14-22/h3-14,17,27H,15-16,18,30H2,1-2H3/t27-/m1/s1. The van der Waals surface area contributed by atoms with E-state index in [1.807, 2.05) is 80.7 Å². The Bertz CT molecular complexity index is 1330. The molecule has 5 heteroatoms. The van der Waals surface area contributed by atoms with E-state index in [0.29, 0.717) is 12.0 Å². The van der Waals surface area contributed by atoms with Crippen molar-refractivity contribution < 1.29 is 14.3 Å². The molecule has 0 aliphatic rings. The Morgan fingerprint density at radius 2 is 1.68 bits per heavy atom. The maximum Gasteiger partial charge on any atom is 0.338 e. The summed E-state index contributed by atoms with van der Waals surface area (Å²) in [6.07, 6.45) is 3.87. The molecule has 1 heterocycles. The highest BCUT2D eigenvalue weighted by molar-refractivity contribution is 5.91. The minimum Gasteiger partial charge on any atom is -0.457 e. The van der Waals surface area contributed by atoms with E-state index in [1.54, 1.807) is 12.3 Å². The van der Waals surface area contributed by atoms with E-state index in [2.05, 4.69) is 4.98 Å². The number of hydrogen-bond donors (Lipinski definition) is 1. The van der Waals surface area contributed by atoms with Crippen molar-refractivity contribution in [3.63, 3.8) is 0 Å². The molecule has 0 aliphatic carbocycles. The fourth-order valence-corrected chi connectivity index (χ4v) is 4.14. The highest BCUT2D eigenvalue weighted by Crippen LogP contribution is 2.21. The SMILES string of the molecule is Cc1ccc(C(=O)OCc2ccc([C@@H](CN)C(=O)Cc3ccc4cnccc4c3)cc2)c(C)c1. The van der Waals surface area contributed by atoms with Crippen molar-refractivity contribution in [2.45, 2.75) is 32.8 Å². The Morgan fingerprint density at radius 3 is 2.41 bits per heavy atom. The third-order valence-corrected chi connectivity index (χ3v) is 6.06. The van der Waals surface area contributed by atoms with E-state index >= 15 is 0 Å². The molecule has 34 heavy (non-hydrogen) atoms. The molecule has 0 saturated carbocycles. The summed E-state index contributed by atoms with van der Waals surface area (Å²) >= 11 is 0. The van der Waals surface area contributed by atoms with Crippen LogP contribution in [0, 0.1) is 13.8 Å². The number of carbonyl (C=O) groups excluding carboxylic acids is 2. The van der Waals surface area contributed by atoms with Crippen molar-refractivity contribution in [2.75, 3.05) is 6.54 Å². The van der Waals surface area contributed by atoms with E-state index in [0.717, 1.165) is 38.6 Å². The Balaban J connectivity index is 1.39. The number of fused-ring (bicyclic) bond motifs is 1. The second-order valence-corrected chi connectivity index (χ2v) is 8.62. The first kappa shape index (κ1) is 23.3. The third kappa shape index (κ3) is 5.38. The molecule has 4 aromatic rings. The Morgan fingerprint density at radius 1 is 0.912 bits per heavy atom. The number of aromatic nitrogens is 1. The van der Waals surface area contributed by atoms with E-state index in [1.165, 1.54) is 0 Å². The molecule has 0 saturated heterocycles. The largest absolute Gasteiger partial charge is 0.457 e. The highest BCUT2D eigenvalue weighted by Gasteiger charge is 2.19. The lowest BCUT2D eigenvalue weighted by Gasteiger charge is -2.15. The lowest BCUT2D eigenvalue weighted by atomic mass is 9.90. The van der Waals surface area contributed by atoms with E-state index in [4.69, 9.17) is 10.5 Å². The number of nitrogens with zero attached hydrogens (tertiary/aromatic N) is 1. The highest BCUT2D eigenvalue weighted by atomic mass is 16.5. The van der Waals surface area contributed by atoms with Crippen LogP contribution in [0.25, 0.3) is 10.8 Å². The van der Waals surface area contributed by atoms with Crippen LogP contribution in [0.15, 0.2) is 79.1 Å².